The molecule has 4 rings (SSSR count). The second-order valence-corrected chi connectivity index (χ2v) is 8.00. The zero-order chi connectivity index (χ0) is 25.8. The van der Waals surface area contributed by atoms with Crippen molar-refractivity contribution in [2.45, 2.75) is 25.4 Å². The van der Waals surface area contributed by atoms with Gasteiger partial charge in [-0.2, -0.15) is 0 Å². The Morgan fingerprint density at radius 1 is 1.11 bits per heavy atom. The van der Waals surface area contributed by atoms with Crippen LogP contribution in [0.5, 0.6) is 0 Å². The molecule has 0 spiro atoms. The van der Waals surface area contributed by atoms with E-state index >= 15 is 8.78 Å². The Morgan fingerprint density at radius 3 is 2.53 bits per heavy atom. The van der Waals surface area contributed by atoms with Gasteiger partial charge in [0.25, 0.3) is 12.3 Å². The first-order valence-corrected chi connectivity index (χ1v) is 11.0. The number of cyclic esters (lactones) is 1. The smallest absolute Gasteiger partial charge is 0.414 e. The molecule has 0 N–H and O–H groups in total. The van der Waals surface area contributed by atoms with Crippen LogP contribution < -0.4 is 9.80 Å². The maximum atomic E-state index is 15.0. The van der Waals surface area contributed by atoms with Gasteiger partial charge in [-0.25, -0.2) is 32.4 Å². The first-order chi connectivity index (χ1) is 17.2. The Kier molecular flexibility index (Phi) is 7.62. The monoisotopic (exact) mass is 511 g/mol. The molecule has 2 fully saturated rings. The SMILES string of the molecule is O=C(CC[C@H]1CN(c2cc(F)c(N3CCON(C(=O)c4cnccn4)CC3)c(F)c2)C(=O)O1)C(F)F. The van der Waals surface area contributed by atoms with Crippen LogP contribution in [0.3, 0.4) is 0 Å². The van der Waals surface area contributed by atoms with Crippen LogP contribution in [0.2, 0.25) is 0 Å². The lowest BCUT2D eigenvalue weighted by molar-refractivity contribution is -0.129. The molecule has 14 heteroatoms. The number of carbonyl (C=O) groups is 3. The van der Waals surface area contributed by atoms with E-state index in [-0.39, 0.29) is 56.3 Å². The van der Waals surface area contributed by atoms with Crippen LogP contribution in [0.15, 0.2) is 30.7 Å². The van der Waals surface area contributed by atoms with Crippen LogP contribution in [-0.4, -0.2) is 78.1 Å². The molecule has 1 aromatic carbocycles. The Balaban J connectivity index is 1.43. The molecule has 0 aliphatic carbocycles. The van der Waals surface area contributed by atoms with Crippen molar-refractivity contribution in [1.82, 2.24) is 15.0 Å². The van der Waals surface area contributed by atoms with Crippen molar-refractivity contribution in [3.05, 3.63) is 48.1 Å². The number of hydroxylamine groups is 2. The predicted octanol–water partition coefficient (Wildman–Crippen LogP) is 2.59. The fourth-order valence-corrected chi connectivity index (χ4v) is 3.88. The maximum absolute atomic E-state index is 15.0. The van der Waals surface area contributed by atoms with E-state index in [4.69, 9.17) is 9.57 Å². The molecule has 2 saturated heterocycles. The number of hydrogen-bond acceptors (Lipinski definition) is 8. The third-order valence-corrected chi connectivity index (χ3v) is 5.65. The zero-order valence-electron chi connectivity index (χ0n) is 18.8. The quantitative estimate of drug-likeness (QED) is 0.523. The molecule has 2 amide bonds. The molecule has 1 atom stereocenters. The number of carbonyl (C=O) groups excluding carboxylic acids is 3. The van der Waals surface area contributed by atoms with Crippen LogP contribution in [0, 0.1) is 11.6 Å². The second-order valence-electron chi connectivity index (χ2n) is 8.00. The fourth-order valence-electron chi connectivity index (χ4n) is 3.88. The number of ether oxygens (including phenoxy) is 1. The van der Waals surface area contributed by atoms with Gasteiger partial charge >= 0.3 is 6.09 Å². The van der Waals surface area contributed by atoms with Crippen LogP contribution in [0.4, 0.5) is 33.7 Å². The van der Waals surface area contributed by atoms with Crippen LogP contribution >= 0.6 is 0 Å². The number of rotatable bonds is 7. The van der Waals surface area contributed by atoms with E-state index in [1.807, 2.05) is 0 Å². The zero-order valence-corrected chi connectivity index (χ0v) is 18.8. The van der Waals surface area contributed by atoms with Gasteiger partial charge in [0.05, 0.1) is 31.6 Å². The van der Waals surface area contributed by atoms with Crippen molar-refractivity contribution in [3.63, 3.8) is 0 Å². The lowest BCUT2D eigenvalue weighted by Gasteiger charge is -2.24. The van der Waals surface area contributed by atoms with Crippen LogP contribution in [-0.2, 0) is 14.4 Å². The lowest BCUT2D eigenvalue weighted by atomic mass is 10.1. The number of aromatic nitrogens is 2. The number of halogens is 4. The minimum Gasteiger partial charge on any atom is -0.444 e. The highest BCUT2D eigenvalue weighted by molar-refractivity contribution is 5.91. The number of nitrogens with zero attached hydrogens (tertiary/aromatic N) is 5. The Labute approximate surface area is 202 Å². The number of ketones is 1. The second kappa shape index (κ2) is 10.8. The summed E-state index contributed by atoms with van der Waals surface area (Å²) in [6, 6.07) is 1.92. The molecule has 1 aromatic heterocycles. The van der Waals surface area contributed by atoms with E-state index in [9.17, 15) is 23.2 Å². The number of alkyl halides is 2. The van der Waals surface area contributed by atoms with Gasteiger partial charge in [0.1, 0.15) is 17.5 Å². The summed E-state index contributed by atoms with van der Waals surface area (Å²) < 4.78 is 59.9. The summed E-state index contributed by atoms with van der Waals surface area (Å²) in [6.07, 6.45) is -1.47. The Bertz CT molecular complexity index is 1120. The van der Waals surface area contributed by atoms with Gasteiger partial charge in [0.15, 0.2) is 17.4 Å². The van der Waals surface area contributed by atoms with E-state index in [2.05, 4.69) is 9.97 Å². The van der Waals surface area contributed by atoms with Crippen molar-refractivity contribution in [1.29, 1.82) is 0 Å². The molecule has 10 nitrogen and oxygen atoms in total. The van der Waals surface area contributed by atoms with Crippen molar-refractivity contribution in [2.24, 2.45) is 0 Å². The summed E-state index contributed by atoms with van der Waals surface area (Å²) in [5, 5.41) is 1.05. The van der Waals surface area contributed by atoms with E-state index in [1.54, 1.807) is 0 Å². The molecule has 2 aliphatic rings. The van der Waals surface area contributed by atoms with Gasteiger partial charge in [-0.05, 0) is 6.42 Å². The highest BCUT2D eigenvalue weighted by atomic mass is 19.3. The molecule has 0 unspecified atom stereocenters. The first kappa shape index (κ1) is 25.3. The highest BCUT2D eigenvalue weighted by Gasteiger charge is 2.34. The van der Waals surface area contributed by atoms with Crippen molar-refractivity contribution in [2.75, 3.05) is 42.6 Å². The molecule has 0 radical (unpaired) electrons. The average molecular weight is 511 g/mol. The normalized spacial score (nSPS) is 18.4. The standard InChI is InChI=1S/C22H21F4N5O5/c23-15-9-13(30-12-14(36-22(30)34)1-2-18(32)20(25)26)10-16(24)19(15)29-5-6-31(35-8-7-29)21(33)17-11-27-3-4-28-17/h3-4,9-11,14,20H,1-2,5-8,12H2/t14-/m0/s1. The molecular weight excluding hydrogens is 490 g/mol. The molecular formula is C22H21F4N5O5. The van der Waals surface area contributed by atoms with Crippen molar-refractivity contribution < 1.29 is 41.5 Å². The van der Waals surface area contributed by atoms with Crippen molar-refractivity contribution >= 4 is 29.2 Å². The Morgan fingerprint density at radius 2 is 1.86 bits per heavy atom. The number of Topliss-reactive ketones (excluding diaryl/α,β-unsaturated/α-hetero) is 1. The van der Waals surface area contributed by atoms with E-state index in [0.717, 1.165) is 22.1 Å². The highest BCUT2D eigenvalue weighted by Crippen LogP contribution is 2.32. The summed E-state index contributed by atoms with van der Waals surface area (Å²) >= 11 is 0. The minimum atomic E-state index is -3.12. The summed E-state index contributed by atoms with van der Waals surface area (Å²) in [5.41, 5.74) is -0.420. The van der Waals surface area contributed by atoms with Crippen LogP contribution in [0.25, 0.3) is 0 Å². The third kappa shape index (κ3) is 5.53. The average Bonchev–Trinajstić information content (AvgIpc) is 3.06. The number of benzene rings is 1. The number of amides is 2. The first-order valence-electron chi connectivity index (χ1n) is 11.0. The van der Waals surface area contributed by atoms with Gasteiger partial charge in [0.2, 0.25) is 0 Å². The molecule has 2 aromatic rings. The molecule has 192 valence electrons. The minimum absolute atomic E-state index is 0.00644. The van der Waals surface area contributed by atoms with Gasteiger partial charge in [0, 0.05) is 44.0 Å². The molecule has 2 aliphatic heterocycles. The van der Waals surface area contributed by atoms with E-state index < -0.39 is 48.4 Å². The lowest BCUT2D eigenvalue weighted by Crippen LogP contribution is -2.35. The molecule has 3 heterocycles. The topological polar surface area (TPSA) is 105 Å². The summed E-state index contributed by atoms with van der Waals surface area (Å²) in [6.45, 7) is -0.0726. The summed E-state index contributed by atoms with van der Waals surface area (Å²) in [5.74, 6) is -3.73. The van der Waals surface area contributed by atoms with Crippen LogP contribution in [0.1, 0.15) is 23.3 Å². The molecule has 0 saturated carbocycles. The summed E-state index contributed by atoms with van der Waals surface area (Å²) in [4.78, 5) is 51.3. The van der Waals surface area contributed by atoms with Gasteiger partial charge in [-0.15, -0.1) is 0 Å². The predicted molar refractivity (Wildman–Crippen MR) is 115 cm³/mol. The van der Waals surface area contributed by atoms with Gasteiger partial charge in [-0.3, -0.25) is 24.3 Å². The van der Waals surface area contributed by atoms with E-state index in [1.165, 1.54) is 23.5 Å². The molecule has 36 heavy (non-hydrogen) atoms. The molecule has 0 bridgehead atoms. The third-order valence-electron chi connectivity index (χ3n) is 5.65. The summed E-state index contributed by atoms with van der Waals surface area (Å²) in [7, 11) is 0. The van der Waals surface area contributed by atoms with Gasteiger partial charge in [-0.1, -0.05) is 0 Å². The van der Waals surface area contributed by atoms with Gasteiger partial charge < -0.3 is 9.64 Å². The number of hydrogen-bond donors (Lipinski definition) is 0. The fraction of sp³-hybridized carbons (Fsp3) is 0.409. The maximum Gasteiger partial charge on any atom is 0.414 e. The van der Waals surface area contributed by atoms with E-state index in [0.29, 0.717) is 0 Å². The largest absolute Gasteiger partial charge is 0.444 e. The Hall–Kier alpha value is -3.81. The number of anilines is 2. The van der Waals surface area contributed by atoms with Crippen molar-refractivity contribution in [3.8, 4) is 0 Å².